The van der Waals surface area contributed by atoms with Crippen molar-refractivity contribution < 1.29 is 9.59 Å². The molecule has 1 aliphatic heterocycles. The van der Waals surface area contributed by atoms with Crippen LogP contribution in [-0.4, -0.2) is 51.0 Å². The fourth-order valence-corrected chi connectivity index (χ4v) is 3.05. The van der Waals surface area contributed by atoms with Crippen LogP contribution in [0.2, 0.25) is 0 Å². The topological polar surface area (TPSA) is 58.4 Å². The average molecular weight is 312 g/mol. The highest BCUT2D eigenvalue weighted by Crippen LogP contribution is 2.26. The molecule has 1 aromatic heterocycles. The fourth-order valence-electron chi connectivity index (χ4n) is 3.05. The second-order valence-electron chi connectivity index (χ2n) is 5.73. The molecule has 0 bridgehead atoms. The molecule has 0 N–H and O–H groups in total. The van der Waals surface area contributed by atoms with Crippen molar-refractivity contribution in [3.63, 3.8) is 0 Å². The first-order valence-electron chi connectivity index (χ1n) is 7.67. The zero-order valence-electron chi connectivity index (χ0n) is 13.3. The summed E-state index contributed by atoms with van der Waals surface area (Å²) in [6.45, 7) is 3.15. The van der Waals surface area contributed by atoms with Crippen LogP contribution in [-0.2, 0) is 11.8 Å². The van der Waals surface area contributed by atoms with E-state index in [2.05, 4.69) is 5.10 Å². The minimum atomic E-state index is -0.111. The molecule has 1 aromatic carbocycles. The number of piperazine rings is 1. The van der Waals surface area contributed by atoms with Crippen molar-refractivity contribution in [2.24, 2.45) is 7.05 Å². The Morgan fingerprint density at radius 3 is 2.48 bits per heavy atom. The highest BCUT2D eigenvalue weighted by Gasteiger charge is 2.32. The zero-order valence-corrected chi connectivity index (χ0v) is 13.3. The first-order chi connectivity index (χ1) is 11.1. The van der Waals surface area contributed by atoms with Gasteiger partial charge in [0.2, 0.25) is 5.91 Å². The maximum Gasteiger partial charge on any atom is 0.272 e. The van der Waals surface area contributed by atoms with E-state index in [-0.39, 0.29) is 17.9 Å². The third-order valence-corrected chi connectivity index (χ3v) is 4.30. The molecule has 0 saturated carbocycles. The number of carbonyl (C=O) groups excluding carboxylic acids is 2. The van der Waals surface area contributed by atoms with Gasteiger partial charge in [0.1, 0.15) is 5.69 Å². The summed E-state index contributed by atoms with van der Waals surface area (Å²) in [6.07, 6.45) is 1.62. The quantitative estimate of drug-likeness (QED) is 0.843. The van der Waals surface area contributed by atoms with E-state index in [9.17, 15) is 9.59 Å². The van der Waals surface area contributed by atoms with Crippen molar-refractivity contribution in [1.82, 2.24) is 19.6 Å². The van der Waals surface area contributed by atoms with E-state index in [1.165, 1.54) is 0 Å². The molecule has 3 rings (SSSR count). The van der Waals surface area contributed by atoms with Crippen LogP contribution < -0.4 is 0 Å². The Hall–Kier alpha value is -2.63. The van der Waals surface area contributed by atoms with Crippen LogP contribution in [0.25, 0.3) is 0 Å². The lowest BCUT2D eigenvalue weighted by atomic mass is 10.0. The number of aryl methyl sites for hydroxylation is 1. The Morgan fingerprint density at radius 2 is 1.87 bits per heavy atom. The smallest absolute Gasteiger partial charge is 0.272 e. The summed E-state index contributed by atoms with van der Waals surface area (Å²) >= 11 is 0. The first-order valence-corrected chi connectivity index (χ1v) is 7.67. The molecule has 1 aliphatic rings. The molecule has 0 radical (unpaired) electrons. The lowest BCUT2D eigenvalue weighted by molar-refractivity contribution is -0.133. The van der Waals surface area contributed by atoms with Crippen LogP contribution in [0.5, 0.6) is 0 Å². The molecule has 1 saturated heterocycles. The van der Waals surface area contributed by atoms with Gasteiger partial charge >= 0.3 is 0 Å². The van der Waals surface area contributed by atoms with E-state index in [0.717, 1.165) is 5.56 Å². The predicted octanol–water partition coefficient (Wildman–Crippen LogP) is 1.47. The molecule has 23 heavy (non-hydrogen) atoms. The number of rotatable bonds is 2. The molecule has 1 fully saturated rings. The van der Waals surface area contributed by atoms with E-state index < -0.39 is 0 Å². The predicted molar refractivity (Wildman–Crippen MR) is 85.7 cm³/mol. The van der Waals surface area contributed by atoms with E-state index >= 15 is 0 Å². The maximum absolute atomic E-state index is 12.7. The minimum absolute atomic E-state index is 0.0338. The van der Waals surface area contributed by atoms with Crippen LogP contribution in [0.15, 0.2) is 42.6 Å². The van der Waals surface area contributed by atoms with Crippen LogP contribution >= 0.6 is 0 Å². The molecule has 1 unspecified atom stereocenters. The van der Waals surface area contributed by atoms with Crippen LogP contribution in [0.3, 0.4) is 0 Å². The van der Waals surface area contributed by atoms with Gasteiger partial charge in [-0.15, -0.1) is 0 Å². The van der Waals surface area contributed by atoms with Gasteiger partial charge in [0.05, 0.1) is 6.04 Å². The zero-order chi connectivity index (χ0) is 16.4. The Labute approximate surface area is 135 Å². The summed E-state index contributed by atoms with van der Waals surface area (Å²) in [5.74, 6) is -0.0133. The van der Waals surface area contributed by atoms with E-state index in [4.69, 9.17) is 0 Å². The van der Waals surface area contributed by atoms with E-state index in [0.29, 0.717) is 25.3 Å². The monoisotopic (exact) mass is 312 g/mol. The van der Waals surface area contributed by atoms with Crippen LogP contribution in [0, 0.1) is 0 Å². The number of hydrogen-bond donors (Lipinski definition) is 0. The Bertz CT molecular complexity index is 710. The SMILES string of the molecule is CC(=O)N1CCN(C(=O)c2ccnn2C)CC1c1ccccc1. The molecule has 6 nitrogen and oxygen atoms in total. The molecular formula is C17H20N4O2. The third kappa shape index (κ3) is 2.97. The Kier molecular flexibility index (Phi) is 4.14. The molecule has 2 amide bonds. The highest BCUT2D eigenvalue weighted by atomic mass is 16.2. The van der Waals surface area contributed by atoms with Gasteiger partial charge in [-0.05, 0) is 11.6 Å². The summed E-state index contributed by atoms with van der Waals surface area (Å²) in [4.78, 5) is 28.3. The highest BCUT2D eigenvalue weighted by molar-refractivity contribution is 5.92. The van der Waals surface area contributed by atoms with Gasteiger partial charge in [-0.2, -0.15) is 5.10 Å². The summed E-state index contributed by atoms with van der Waals surface area (Å²) in [6, 6.07) is 11.5. The molecule has 0 aliphatic carbocycles. The van der Waals surface area contributed by atoms with Crippen molar-refractivity contribution in [3.8, 4) is 0 Å². The van der Waals surface area contributed by atoms with Crippen molar-refractivity contribution in [3.05, 3.63) is 53.9 Å². The molecular weight excluding hydrogens is 292 g/mol. The molecule has 120 valence electrons. The van der Waals surface area contributed by atoms with Crippen molar-refractivity contribution in [2.75, 3.05) is 19.6 Å². The van der Waals surface area contributed by atoms with Crippen LogP contribution in [0.4, 0.5) is 0 Å². The van der Waals surface area contributed by atoms with Gasteiger partial charge in [0.15, 0.2) is 0 Å². The number of aromatic nitrogens is 2. The molecule has 2 aromatic rings. The number of carbonyl (C=O) groups is 2. The fraction of sp³-hybridized carbons (Fsp3) is 0.353. The molecule has 1 atom stereocenters. The van der Waals surface area contributed by atoms with Crippen molar-refractivity contribution in [1.29, 1.82) is 0 Å². The number of nitrogens with zero attached hydrogens (tertiary/aromatic N) is 4. The van der Waals surface area contributed by atoms with Crippen molar-refractivity contribution in [2.45, 2.75) is 13.0 Å². The van der Waals surface area contributed by atoms with Crippen LogP contribution in [0.1, 0.15) is 29.0 Å². The lowest BCUT2D eigenvalue weighted by Gasteiger charge is -2.41. The number of hydrogen-bond acceptors (Lipinski definition) is 3. The Morgan fingerprint density at radius 1 is 1.13 bits per heavy atom. The van der Waals surface area contributed by atoms with E-state index in [1.807, 2.05) is 35.2 Å². The van der Waals surface area contributed by atoms with Gasteiger partial charge in [0.25, 0.3) is 5.91 Å². The van der Waals surface area contributed by atoms with Gasteiger partial charge in [-0.25, -0.2) is 0 Å². The summed E-state index contributed by atoms with van der Waals surface area (Å²) in [5.41, 5.74) is 1.61. The van der Waals surface area contributed by atoms with E-state index in [1.54, 1.807) is 35.8 Å². The number of benzene rings is 1. The second-order valence-corrected chi connectivity index (χ2v) is 5.73. The van der Waals surface area contributed by atoms with Gasteiger partial charge in [-0.3, -0.25) is 14.3 Å². The largest absolute Gasteiger partial charge is 0.333 e. The normalized spacial score (nSPS) is 18.1. The lowest BCUT2D eigenvalue weighted by Crippen LogP contribution is -2.52. The van der Waals surface area contributed by atoms with Gasteiger partial charge < -0.3 is 9.80 Å². The molecule has 0 spiro atoms. The summed E-state index contributed by atoms with van der Waals surface area (Å²) in [5, 5.41) is 4.06. The van der Waals surface area contributed by atoms with Crippen molar-refractivity contribution >= 4 is 11.8 Å². The first kappa shape index (κ1) is 15.3. The average Bonchev–Trinajstić information content (AvgIpc) is 3.00. The third-order valence-electron chi connectivity index (χ3n) is 4.30. The molecule has 2 heterocycles. The minimum Gasteiger partial charge on any atom is -0.333 e. The summed E-state index contributed by atoms with van der Waals surface area (Å²) in [7, 11) is 1.76. The Balaban J connectivity index is 1.85. The standard InChI is InChI=1S/C17H20N4O2/c1-13(22)21-11-10-20(17(23)15-8-9-18-19(15)2)12-16(21)14-6-4-3-5-7-14/h3-9,16H,10-12H2,1-2H3. The summed E-state index contributed by atoms with van der Waals surface area (Å²) < 4.78 is 1.58. The maximum atomic E-state index is 12.7. The van der Waals surface area contributed by atoms with Gasteiger partial charge in [0, 0.05) is 39.8 Å². The second kappa shape index (κ2) is 6.24. The molecule has 6 heteroatoms. The van der Waals surface area contributed by atoms with Gasteiger partial charge in [-0.1, -0.05) is 30.3 Å². The number of amides is 2.